The Kier molecular flexibility index (Phi) is 2.66. The molecule has 2 heteroatoms. The van der Waals surface area contributed by atoms with E-state index >= 15 is 0 Å². The number of likely N-dealkylation sites (tertiary alicyclic amines) is 1. The molecule has 0 amide bonds. The number of hydrogen-bond donors (Lipinski definition) is 0. The Bertz CT molecular complexity index is 143. The van der Waals surface area contributed by atoms with Crippen LogP contribution in [-0.2, 0) is 4.74 Å². The monoisotopic (exact) mass is 169 g/mol. The molecule has 1 aliphatic heterocycles. The van der Waals surface area contributed by atoms with Gasteiger partial charge in [-0.3, -0.25) is 4.90 Å². The van der Waals surface area contributed by atoms with E-state index in [2.05, 4.69) is 11.8 Å². The minimum absolute atomic E-state index is 0.532. The van der Waals surface area contributed by atoms with Crippen LogP contribution in [0.1, 0.15) is 32.6 Å². The molecule has 2 aliphatic rings. The van der Waals surface area contributed by atoms with Gasteiger partial charge in [0.1, 0.15) is 0 Å². The molecule has 1 saturated carbocycles. The minimum atomic E-state index is 0.532. The smallest absolute Gasteiger partial charge is 0.0702 e. The fraction of sp³-hybridized carbons (Fsp3) is 1.00. The van der Waals surface area contributed by atoms with Crippen molar-refractivity contribution in [2.75, 3.05) is 19.7 Å². The second-order valence-corrected chi connectivity index (χ2v) is 3.95. The van der Waals surface area contributed by atoms with E-state index in [4.69, 9.17) is 4.74 Å². The van der Waals surface area contributed by atoms with Crippen LogP contribution in [0, 0.1) is 0 Å². The highest BCUT2D eigenvalue weighted by atomic mass is 16.5. The summed E-state index contributed by atoms with van der Waals surface area (Å²) in [7, 11) is 0. The molecule has 0 N–H and O–H groups in total. The number of hydrogen-bond acceptors (Lipinski definition) is 2. The van der Waals surface area contributed by atoms with Crippen molar-refractivity contribution in [2.45, 2.75) is 44.8 Å². The summed E-state index contributed by atoms with van der Waals surface area (Å²) in [5.74, 6) is 0. The molecule has 2 fully saturated rings. The van der Waals surface area contributed by atoms with Crippen LogP contribution >= 0.6 is 0 Å². The molecule has 1 heterocycles. The lowest BCUT2D eigenvalue weighted by Crippen LogP contribution is -2.40. The van der Waals surface area contributed by atoms with Crippen LogP contribution in [0.4, 0.5) is 0 Å². The molecule has 2 nitrogen and oxygen atoms in total. The fourth-order valence-corrected chi connectivity index (χ4v) is 2.11. The molecule has 0 aromatic carbocycles. The van der Waals surface area contributed by atoms with E-state index in [1.54, 1.807) is 0 Å². The predicted molar refractivity (Wildman–Crippen MR) is 49.2 cm³/mol. The molecule has 70 valence electrons. The van der Waals surface area contributed by atoms with Gasteiger partial charge in [0.15, 0.2) is 0 Å². The van der Waals surface area contributed by atoms with E-state index in [9.17, 15) is 0 Å². The zero-order valence-electron chi connectivity index (χ0n) is 7.96. The van der Waals surface area contributed by atoms with Crippen molar-refractivity contribution >= 4 is 0 Å². The SMILES string of the molecule is CCOC1CCCN(C2CC2)C1. The van der Waals surface area contributed by atoms with Crippen LogP contribution < -0.4 is 0 Å². The zero-order valence-corrected chi connectivity index (χ0v) is 7.96. The highest BCUT2D eigenvalue weighted by Gasteiger charge is 2.32. The standard InChI is InChI=1S/C10H19NO/c1-2-12-10-4-3-7-11(8-10)9-5-6-9/h9-10H,2-8H2,1H3. The van der Waals surface area contributed by atoms with Gasteiger partial charge in [-0.25, -0.2) is 0 Å². The highest BCUT2D eigenvalue weighted by Crippen LogP contribution is 2.29. The van der Waals surface area contributed by atoms with Gasteiger partial charge in [0.25, 0.3) is 0 Å². The van der Waals surface area contributed by atoms with Crippen molar-refractivity contribution in [3.05, 3.63) is 0 Å². The second-order valence-electron chi connectivity index (χ2n) is 3.95. The summed E-state index contributed by atoms with van der Waals surface area (Å²) in [5, 5.41) is 0. The number of nitrogens with zero attached hydrogens (tertiary/aromatic N) is 1. The molecule has 0 aromatic heterocycles. The Labute approximate surface area is 74.9 Å². The van der Waals surface area contributed by atoms with Crippen molar-refractivity contribution in [2.24, 2.45) is 0 Å². The molecule has 0 aromatic rings. The molecule has 0 bridgehead atoms. The van der Waals surface area contributed by atoms with Crippen LogP contribution in [0.2, 0.25) is 0 Å². The maximum atomic E-state index is 5.65. The van der Waals surface area contributed by atoms with E-state index in [0.29, 0.717) is 6.10 Å². The average Bonchev–Trinajstić information content (AvgIpc) is 2.88. The first-order valence-electron chi connectivity index (χ1n) is 5.26. The fourth-order valence-electron chi connectivity index (χ4n) is 2.11. The van der Waals surface area contributed by atoms with E-state index in [1.165, 1.54) is 38.8 Å². The lowest BCUT2D eigenvalue weighted by atomic mass is 10.1. The number of piperidine rings is 1. The third kappa shape index (κ3) is 1.99. The van der Waals surface area contributed by atoms with Gasteiger partial charge in [0.2, 0.25) is 0 Å². The van der Waals surface area contributed by atoms with Crippen LogP contribution in [0.25, 0.3) is 0 Å². The summed E-state index contributed by atoms with van der Waals surface area (Å²) in [6.07, 6.45) is 6.00. The van der Waals surface area contributed by atoms with E-state index < -0.39 is 0 Å². The summed E-state index contributed by atoms with van der Waals surface area (Å²) in [5.41, 5.74) is 0. The van der Waals surface area contributed by atoms with Crippen LogP contribution in [0.15, 0.2) is 0 Å². The number of ether oxygens (including phenoxy) is 1. The van der Waals surface area contributed by atoms with Gasteiger partial charge >= 0.3 is 0 Å². The third-order valence-electron chi connectivity index (χ3n) is 2.88. The minimum Gasteiger partial charge on any atom is -0.377 e. The van der Waals surface area contributed by atoms with Crippen LogP contribution in [0.3, 0.4) is 0 Å². The molecule has 1 aliphatic carbocycles. The maximum absolute atomic E-state index is 5.65. The first kappa shape index (κ1) is 8.52. The van der Waals surface area contributed by atoms with Gasteiger partial charge in [0.05, 0.1) is 6.10 Å². The van der Waals surface area contributed by atoms with Crippen LogP contribution in [0.5, 0.6) is 0 Å². The largest absolute Gasteiger partial charge is 0.377 e. The topological polar surface area (TPSA) is 12.5 Å². The zero-order chi connectivity index (χ0) is 8.39. The Morgan fingerprint density at radius 1 is 1.33 bits per heavy atom. The second kappa shape index (κ2) is 3.75. The van der Waals surface area contributed by atoms with E-state index in [1.807, 2.05) is 0 Å². The Morgan fingerprint density at radius 2 is 2.17 bits per heavy atom. The molecule has 12 heavy (non-hydrogen) atoms. The van der Waals surface area contributed by atoms with Crippen molar-refractivity contribution in [3.8, 4) is 0 Å². The van der Waals surface area contributed by atoms with Crippen molar-refractivity contribution in [1.29, 1.82) is 0 Å². The molecular weight excluding hydrogens is 150 g/mol. The molecule has 0 radical (unpaired) electrons. The molecule has 1 saturated heterocycles. The molecule has 2 rings (SSSR count). The summed E-state index contributed by atoms with van der Waals surface area (Å²) in [6, 6.07) is 0.924. The summed E-state index contributed by atoms with van der Waals surface area (Å²) >= 11 is 0. The normalized spacial score (nSPS) is 32.2. The van der Waals surface area contributed by atoms with Crippen LogP contribution in [-0.4, -0.2) is 36.7 Å². The Morgan fingerprint density at radius 3 is 2.83 bits per heavy atom. The van der Waals surface area contributed by atoms with Crippen molar-refractivity contribution in [3.63, 3.8) is 0 Å². The summed E-state index contributed by atoms with van der Waals surface area (Å²) in [4.78, 5) is 2.61. The molecule has 1 atom stereocenters. The lowest BCUT2D eigenvalue weighted by molar-refractivity contribution is 0.00351. The number of rotatable bonds is 3. The Balaban J connectivity index is 1.77. The van der Waals surface area contributed by atoms with Crippen molar-refractivity contribution < 1.29 is 4.74 Å². The molecule has 0 spiro atoms. The van der Waals surface area contributed by atoms with Gasteiger partial charge < -0.3 is 4.74 Å². The van der Waals surface area contributed by atoms with Gasteiger partial charge in [-0.2, -0.15) is 0 Å². The average molecular weight is 169 g/mol. The summed E-state index contributed by atoms with van der Waals surface area (Å²) < 4.78 is 5.65. The summed E-state index contributed by atoms with van der Waals surface area (Å²) in [6.45, 7) is 5.48. The Hall–Kier alpha value is -0.0800. The van der Waals surface area contributed by atoms with E-state index in [-0.39, 0.29) is 0 Å². The predicted octanol–water partition coefficient (Wildman–Crippen LogP) is 1.65. The molecule has 1 unspecified atom stereocenters. The van der Waals surface area contributed by atoms with Crippen molar-refractivity contribution in [1.82, 2.24) is 4.90 Å². The highest BCUT2D eigenvalue weighted by molar-refractivity contribution is 4.88. The van der Waals surface area contributed by atoms with Gasteiger partial charge in [-0.15, -0.1) is 0 Å². The van der Waals surface area contributed by atoms with Gasteiger partial charge in [0, 0.05) is 19.2 Å². The molecular formula is C10H19NO. The van der Waals surface area contributed by atoms with Gasteiger partial charge in [-0.05, 0) is 39.2 Å². The van der Waals surface area contributed by atoms with Gasteiger partial charge in [-0.1, -0.05) is 0 Å². The quantitative estimate of drug-likeness (QED) is 0.637. The first-order valence-corrected chi connectivity index (χ1v) is 5.26. The maximum Gasteiger partial charge on any atom is 0.0702 e. The third-order valence-corrected chi connectivity index (χ3v) is 2.88. The van der Waals surface area contributed by atoms with E-state index in [0.717, 1.165) is 12.6 Å². The first-order chi connectivity index (χ1) is 5.90. The lowest BCUT2D eigenvalue weighted by Gasteiger charge is -2.32.